The number of rotatable bonds is 9. The van der Waals surface area contributed by atoms with Crippen molar-refractivity contribution in [3.05, 3.63) is 33.1 Å². The van der Waals surface area contributed by atoms with Crippen LogP contribution in [0.3, 0.4) is 0 Å². The molecule has 0 aliphatic heterocycles. The largest absolute Gasteiger partial charge is 0.383 e. The minimum absolute atomic E-state index is 0.0327. The van der Waals surface area contributed by atoms with Crippen LogP contribution in [-0.4, -0.2) is 29.1 Å². The van der Waals surface area contributed by atoms with Gasteiger partial charge in [0.2, 0.25) is 0 Å². The Bertz CT molecular complexity index is 835. The summed E-state index contributed by atoms with van der Waals surface area (Å²) < 4.78 is 7.80. The fourth-order valence-electron chi connectivity index (χ4n) is 2.93. The Morgan fingerprint density at radius 3 is 2.62 bits per heavy atom. The Labute approximate surface area is 156 Å². The predicted octanol–water partition coefficient (Wildman–Crippen LogP) is 3.90. The third kappa shape index (κ3) is 4.76. The zero-order chi connectivity index (χ0) is 19.1. The van der Waals surface area contributed by atoms with Crippen LogP contribution in [0.4, 0.5) is 5.69 Å². The molecule has 142 valence electrons. The number of fused-ring (bicyclic) bond motifs is 1. The summed E-state index contributed by atoms with van der Waals surface area (Å²) in [6.45, 7) is 5.13. The van der Waals surface area contributed by atoms with Crippen molar-refractivity contribution in [2.24, 2.45) is 10.9 Å². The number of non-ortho nitro benzene ring substituents is 1. The number of amides is 1. The van der Waals surface area contributed by atoms with Crippen molar-refractivity contribution >= 4 is 33.1 Å². The molecule has 2 rings (SSSR count). The molecule has 0 aliphatic carbocycles. The maximum atomic E-state index is 12.7. The normalized spacial score (nSPS) is 12.2. The molecule has 0 N–H and O–H groups in total. The molecule has 1 amide bonds. The van der Waals surface area contributed by atoms with Crippen molar-refractivity contribution in [2.45, 2.75) is 46.1 Å². The molecule has 2 aromatic rings. The third-order valence-corrected chi connectivity index (χ3v) is 5.27. The summed E-state index contributed by atoms with van der Waals surface area (Å²) in [6.07, 6.45) is 3.53. The maximum Gasteiger partial charge on any atom is 0.270 e. The molecule has 1 heterocycles. The van der Waals surface area contributed by atoms with Crippen molar-refractivity contribution in [1.29, 1.82) is 0 Å². The van der Waals surface area contributed by atoms with Crippen LogP contribution in [0.2, 0.25) is 0 Å². The minimum Gasteiger partial charge on any atom is -0.383 e. The van der Waals surface area contributed by atoms with E-state index in [-0.39, 0.29) is 17.5 Å². The van der Waals surface area contributed by atoms with E-state index in [2.05, 4.69) is 18.8 Å². The van der Waals surface area contributed by atoms with Gasteiger partial charge in [0.15, 0.2) is 4.80 Å². The zero-order valence-corrected chi connectivity index (χ0v) is 16.3. The quantitative estimate of drug-likeness (QED) is 0.488. The maximum absolute atomic E-state index is 12.7. The second-order valence-electron chi connectivity index (χ2n) is 6.16. The number of nitro benzene ring substituents is 1. The molecule has 0 fully saturated rings. The van der Waals surface area contributed by atoms with Gasteiger partial charge in [-0.2, -0.15) is 4.99 Å². The molecule has 0 unspecified atom stereocenters. The summed E-state index contributed by atoms with van der Waals surface area (Å²) in [7, 11) is 1.61. The van der Waals surface area contributed by atoms with Crippen LogP contribution >= 0.6 is 11.3 Å². The summed E-state index contributed by atoms with van der Waals surface area (Å²) in [5, 5.41) is 11.0. The molecule has 0 spiro atoms. The highest BCUT2D eigenvalue weighted by molar-refractivity contribution is 7.16. The van der Waals surface area contributed by atoms with E-state index >= 15 is 0 Å². The molecular formula is C18H25N3O4S. The highest BCUT2D eigenvalue weighted by Crippen LogP contribution is 2.23. The molecule has 7 nitrogen and oxygen atoms in total. The predicted molar refractivity (Wildman–Crippen MR) is 102 cm³/mol. The van der Waals surface area contributed by atoms with Gasteiger partial charge in [-0.05, 0) is 18.9 Å². The molecular weight excluding hydrogens is 354 g/mol. The van der Waals surface area contributed by atoms with Crippen LogP contribution in [0.1, 0.15) is 39.5 Å². The molecule has 0 radical (unpaired) electrons. The first-order valence-corrected chi connectivity index (χ1v) is 9.68. The number of benzene rings is 1. The van der Waals surface area contributed by atoms with Crippen molar-refractivity contribution in [1.82, 2.24) is 4.57 Å². The van der Waals surface area contributed by atoms with Crippen molar-refractivity contribution in [2.75, 3.05) is 13.7 Å². The van der Waals surface area contributed by atoms with Gasteiger partial charge < -0.3 is 9.30 Å². The number of nitrogens with zero attached hydrogens (tertiary/aromatic N) is 3. The lowest BCUT2D eigenvalue weighted by molar-refractivity contribution is -0.384. The van der Waals surface area contributed by atoms with E-state index in [1.165, 1.54) is 23.5 Å². The number of nitro groups is 1. The number of hydrogen-bond donors (Lipinski definition) is 0. The Kier molecular flexibility index (Phi) is 7.47. The van der Waals surface area contributed by atoms with Crippen LogP contribution in [0.15, 0.2) is 23.2 Å². The van der Waals surface area contributed by atoms with Crippen molar-refractivity contribution in [3.8, 4) is 0 Å². The minimum atomic E-state index is -0.418. The summed E-state index contributed by atoms with van der Waals surface area (Å²) in [6, 6.07) is 4.71. The number of carbonyl (C=O) groups excluding carboxylic acids is 1. The smallest absolute Gasteiger partial charge is 0.270 e. The molecule has 1 aromatic carbocycles. The number of ether oxygens (including phenoxy) is 1. The SMILES string of the molecule is CCCC(CCC)C(=O)N=c1sc2cc([N+](=O)[O-])ccc2n1CCOC. The molecule has 0 saturated heterocycles. The van der Waals surface area contributed by atoms with E-state index < -0.39 is 4.92 Å². The molecule has 0 bridgehead atoms. The Balaban J connectivity index is 2.52. The van der Waals surface area contributed by atoms with Crippen LogP contribution in [-0.2, 0) is 16.1 Å². The topological polar surface area (TPSA) is 86.7 Å². The summed E-state index contributed by atoms with van der Waals surface area (Å²) in [4.78, 5) is 28.2. The lowest BCUT2D eigenvalue weighted by Crippen LogP contribution is -2.22. The average molecular weight is 379 g/mol. The van der Waals surface area contributed by atoms with Gasteiger partial charge in [-0.25, -0.2) is 0 Å². The van der Waals surface area contributed by atoms with E-state index in [1.807, 2.05) is 4.57 Å². The molecule has 0 atom stereocenters. The highest BCUT2D eigenvalue weighted by atomic mass is 32.1. The van der Waals surface area contributed by atoms with Gasteiger partial charge in [0.05, 0.1) is 21.7 Å². The van der Waals surface area contributed by atoms with E-state index in [4.69, 9.17) is 4.74 Å². The average Bonchev–Trinajstić information content (AvgIpc) is 2.95. The Morgan fingerprint density at radius 2 is 2.04 bits per heavy atom. The van der Waals surface area contributed by atoms with Gasteiger partial charge in [0.1, 0.15) is 0 Å². The fourth-order valence-corrected chi connectivity index (χ4v) is 4.03. The van der Waals surface area contributed by atoms with E-state index in [1.54, 1.807) is 13.2 Å². The van der Waals surface area contributed by atoms with Crippen molar-refractivity contribution in [3.63, 3.8) is 0 Å². The van der Waals surface area contributed by atoms with Crippen LogP contribution in [0.5, 0.6) is 0 Å². The standard InChI is InChI=1S/C18H25N3O4S/c1-4-6-13(7-5-2)17(22)19-18-20(10-11-25-3)15-9-8-14(21(23)24)12-16(15)26-18/h8-9,12-13H,4-7,10-11H2,1-3H3. The first kappa shape index (κ1) is 20.3. The van der Waals surface area contributed by atoms with Crippen LogP contribution < -0.4 is 4.80 Å². The second kappa shape index (κ2) is 9.59. The van der Waals surface area contributed by atoms with Gasteiger partial charge in [0.25, 0.3) is 11.6 Å². The van der Waals surface area contributed by atoms with Gasteiger partial charge in [-0.15, -0.1) is 0 Å². The number of carbonyl (C=O) groups is 1. The molecule has 0 saturated carbocycles. The van der Waals surface area contributed by atoms with Crippen LogP contribution in [0, 0.1) is 16.0 Å². The summed E-state index contributed by atoms with van der Waals surface area (Å²) in [5.41, 5.74) is 0.858. The highest BCUT2D eigenvalue weighted by Gasteiger charge is 2.17. The molecule has 26 heavy (non-hydrogen) atoms. The zero-order valence-electron chi connectivity index (χ0n) is 15.4. The Morgan fingerprint density at radius 1 is 1.35 bits per heavy atom. The monoisotopic (exact) mass is 379 g/mol. The number of hydrogen-bond acceptors (Lipinski definition) is 5. The number of aromatic nitrogens is 1. The van der Waals surface area contributed by atoms with E-state index in [0.29, 0.717) is 18.0 Å². The first-order valence-electron chi connectivity index (χ1n) is 8.87. The van der Waals surface area contributed by atoms with Crippen LogP contribution in [0.25, 0.3) is 10.2 Å². The first-order chi connectivity index (χ1) is 12.5. The Hall–Kier alpha value is -2.06. The number of methoxy groups -OCH3 is 1. The summed E-state index contributed by atoms with van der Waals surface area (Å²) in [5.74, 6) is -0.179. The van der Waals surface area contributed by atoms with E-state index in [0.717, 1.165) is 35.9 Å². The number of thiazole rings is 1. The van der Waals surface area contributed by atoms with Crippen molar-refractivity contribution < 1.29 is 14.5 Å². The summed E-state index contributed by atoms with van der Waals surface area (Å²) >= 11 is 1.30. The third-order valence-electron chi connectivity index (χ3n) is 4.23. The second-order valence-corrected chi connectivity index (χ2v) is 7.17. The van der Waals surface area contributed by atoms with Gasteiger partial charge >= 0.3 is 0 Å². The molecule has 0 aliphatic rings. The molecule has 1 aromatic heterocycles. The molecule has 8 heteroatoms. The lowest BCUT2D eigenvalue weighted by Gasteiger charge is -2.10. The van der Waals surface area contributed by atoms with Gasteiger partial charge in [0, 0.05) is 31.7 Å². The van der Waals surface area contributed by atoms with Gasteiger partial charge in [-0.1, -0.05) is 38.0 Å². The lowest BCUT2D eigenvalue weighted by atomic mass is 9.98. The fraction of sp³-hybridized carbons (Fsp3) is 0.556. The van der Waals surface area contributed by atoms with E-state index in [9.17, 15) is 14.9 Å². The van der Waals surface area contributed by atoms with Gasteiger partial charge in [-0.3, -0.25) is 14.9 Å².